The molecule has 1 amide bonds. The van der Waals surface area contributed by atoms with Crippen LogP contribution in [0.15, 0.2) is 0 Å². The topological polar surface area (TPSA) is 305 Å². The van der Waals surface area contributed by atoms with E-state index in [4.69, 9.17) is 37.9 Å². The second kappa shape index (κ2) is 17.5. The Morgan fingerprint density at radius 1 is 0.592 bits per heavy atom. The quantitative estimate of drug-likeness (QED) is 0.0895. The highest BCUT2D eigenvalue weighted by atomic mass is 16.8. The van der Waals surface area contributed by atoms with E-state index in [1.807, 2.05) is 6.92 Å². The molecule has 49 heavy (non-hydrogen) atoms. The third-order valence-electron chi connectivity index (χ3n) is 9.00. The molecular formula is C29H51NO19. The molecule has 4 rings (SSSR count). The molecule has 0 saturated carbocycles. The molecule has 4 saturated heterocycles. The molecule has 20 nitrogen and oxygen atoms in total. The molecule has 0 spiro atoms. The summed E-state index contributed by atoms with van der Waals surface area (Å²) < 4.78 is 46.8. The van der Waals surface area contributed by atoms with E-state index in [0.29, 0.717) is 6.42 Å². The minimum atomic E-state index is -1.86. The van der Waals surface area contributed by atoms with Crippen molar-refractivity contribution in [2.45, 2.75) is 157 Å². The van der Waals surface area contributed by atoms with E-state index in [1.165, 1.54) is 13.8 Å². The summed E-state index contributed by atoms with van der Waals surface area (Å²) in [7, 11) is 0. The molecule has 11 N–H and O–H groups in total. The number of amides is 1. The number of rotatable bonds is 12. The molecule has 4 aliphatic heterocycles. The maximum absolute atomic E-state index is 12.5. The van der Waals surface area contributed by atoms with E-state index < -0.39 is 142 Å². The molecule has 0 bridgehead atoms. The number of aliphatic hydroxyl groups is 10. The van der Waals surface area contributed by atoms with Crippen LogP contribution in [0.5, 0.6) is 0 Å². The van der Waals surface area contributed by atoms with E-state index in [9.17, 15) is 55.9 Å². The van der Waals surface area contributed by atoms with Gasteiger partial charge in [0.2, 0.25) is 5.91 Å². The fourth-order valence-corrected chi connectivity index (χ4v) is 6.16. The Labute approximate surface area is 281 Å². The smallest absolute Gasteiger partial charge is 0.217 e. The van der Waals surface area contributed by atoms with Gasteiger partial charge in [-0.05, 0) is 20.3 Å². The monoisotopic (exact) mass is 717 g/mol. The molecule has 286 valence electrons. The lowest BCUT2D eigenvalue weighted by Gasteiger charge is -2.50. The van der Waals surface area contributed by atoms with Gasteiger partial charge < -0.3 is 94.3 Å². The second-order valence-corrected chi connectivity index (χ2v) is 12.7. The molecule has 0 aromatic rings. The summed E-state index contributed by atoms with van der Waals surface area (Å²) >= 11 is 0. The van der Waals surface area contributed by atoms with Gasteiger partial charge in [0.25, 0.3) is 0 Å². The molecule has 0 unspecified atom stereocenters. The third-order valence-corrected chi connectivity index (χ3v) is 9.00. The molecular weight excluding hydrogens is 666 g/mol. The number of hydrogen-bond donors (Lipinski definition) is 11. The molecule has 20 atom stereocenters. The first-order valence-corrected chi connectivity index (χ1v) is 16.3. The highest BCUT2D eigenvalue weighted by Crippen LogP contribution is 2.35. The number of carbonyl (C=O) groups is 1. The van der Waals surface area contributed by atoms with Gasteiger partial charge in [0.15, 0.2) is 25.2 Å². The highest BCUT2D eigenvalue weighted by Gasteiger charge is 2.56. The zero-order valence-electron chi connectivity index (χ0n) is 27.5. The van der Waals surface area contributed by atoms with Gasteiger partial charge in [0, 0.05) is 13.5 Å². The van der Waals surface area contributed by atoms with Crippen LogP contribution in [-0.2, 0) is 42.7 Å². The van der Waals surface area contributed by atoms with Crippen LogP contribution in [0.4, 0.5) is 0 Å². The average Bonchev–Trinajstić information content (AvgIpc) is 3.07. The first-order chi connectivity index (χ1) is 23.1. The zero-order valence-corrected chi connectivity index (χ0v) is 27.5. The summed E-state index contributed by atoms with van der Waals surface area (Å²) in [6.45, 7) is 4.41. The van der Waals surface area contributed by atoms with E-state index in [1.54, 1.807) is 0 Å². The summed E-state index contributed by atoms with van der Waals surface area (Å²) in [5.74, 6) is -0.666. The number of nitrogens with one attached hydrogen (secondary N) is 1. The van der Waals surface area contributed by atoms with Crippen molar-refractivity contribution < 1.29 is 93.8 Å². The Hall–Kier alpha value is -1.25. The van der Waals surface area contributed by atoms with Crippen LogP contribution in [0.25, 0.3) is 0 Å². The number of carbonyl (C=O) groups excluding carboxylic acids is 1. The largest absolute Gasteiger partial charge is 0.394 e. The Bertz CT molecular complexity index is 1040. The van der Waals surface area contributed by atoms with Crippen molar-refractivity contribution >= 4 is 5.91 Å². The van der Waals surface area contributed by atoms with Gasteiger partial charge in [-0.15, -0.1) is 0 Å². The van der Waals surface area contributed by atoms with E-state index in [2.05, 4.69) is 5.32 Å². The molecule has 4 heterocycles. The fourth-order valence-electron chi connectivity index (χ4n) is 6.16. The fraction of sp³-hybridized carbons (Fsp3) is 0.966. The Morgan fingerprint density at radius 2 is 1.08 bits per heavy atom. The second-order valence-electron chi connectivity index (χ2n) is 12.7. The Kier molecular flexibility index (Phi) is 14.5. The molecule has 0 radical (unpaired) electrons. The number of aliphatic hydroxyl groups excluding tert-OH is 10. The highest BCUT2D eigenvalue weighted by molar-refractivity contribution is 5.73. The van der Waals surface area contributed by atoms with Gasteiger partial charge in [-0.1, -0.05) is 6.92 Å². The summed E-state index contributed by atoms with van der Waals surface area (Å²) in [4.78, 5) is 12.5. The summed E-state index contributed by atoms with van der Waals surface area (Å²) in [6.07, 6.45) is -28.8. The predicted molar refractivity (Wildman–Crippen MR) is 157 cm³/mol. The van der Waals surface area contributed by atoms with Crippen LogP contribution >= 0.6 is 0 Å². The van der Waals surface area contributed by atoms with E-state index >= 15 is 0 Å². The van der Waals surface area contributed by atoms with Gasteiger partial charge in [0.05, 0.1) is 25.4 Å². The van der Waals surface area contributed by atoms with Crippen molar-refractivity contribution in [2.75, 3.05) is 19.8 Å². The Balaban J connectivity index is 1.68. The SMILES string of the molecule is CCCO[C@@H]1O[C@@H](C)[C@H](O)[C@@H](O[C@H]2O[C@H](CO)[C@@H](O)[C@H](O)[C@H]2O)[C@H]1O[C@@H]1O[C@H](CO)[C@@H](O)[C@H](O[C@@H]2O[C@@H](C)[C@H](O)[C@@H](O)[C@H]2O)[C@H]1NC(C)=O. The van der Waals surface area contributed by atoms with Gasteiger partial charge in [-0.25, -0.2) is 0 Å². The normalized spacial score (nSPS) is 49.4. The molecule has 0 aromatic heterocycles. The van der Waals surface area contributed by atoms with Crippen LogP contribution in [0.2, 0.25) is 0 Å². The number of hydrogen-bond acceptors (Lipinski definition) is 19. The summed E-state index contributed by atoms with van der Waals surface area (Å²) in [6, 6.07) is -1.46. The van der Waals surface area contributed by atoms with Crippen molar-refractivity contribution in [1.82, 2.24) is 5.32 Å². The average molecular weight is 718 g/mol. The third kappa shape index (κ3) is 8.87. The van der Waals surface area contributed by atoms with E-state index in [0.717, 1.165) is 6.92 Å². The van der Waals surface area contributed by atoms with Crippen LogP contribution in [-0.4, -0.2) is 200 Å². The van der Waals surface area contributed by atoms with Gasteiger partial charge in [-0.3, -0.25) is 4.79 Å². The molecule has 0 aromatic carbocycles. The van der Waals surface area contributed by atoms with Gasteiger partial charge in [-0.2, -0.15) is 0 Å². The van der Waals surface area contributed by atoms with Crippen molar-refractivity contribution in [3.05, 3.63) is 0 Å². The first kappa shape index (κ1) is 40.5. The Morgan fingerprint density at radius 3 is 1.67 bits per heavy atom. The van der Waals surface area contributed by atoms with Crippen LogP contribution in [0, 0.1) is 0 Å². The minimum Gasteiger partial charge on any atom is -0.394 e. The molecule has 0 aliphatic carbocycles. The number of ether oxygens (including phenoxy) is 8. The lowest BCUT2D eigenvalue weighted by atomic mass is 9.94. The maximum atomic E-state index is 12.5. The molecule has 4 aliphatic rings. The lowest BCUT2D eigenvalue weighted by molar-refractivity contribution is -0.388. The maximum Gasteiger partial charge on any atom is 0.217 e. The first-order valence-electron chi connectivity index (χ1n) is 16.3. The van der Waals surface area contributed by atoms with Crippen LogP contribution < -0.4 is 5.32 Å². The van der Waals surface area contributed by atoms with Crippen LogP contribution in [0.1, 0.15) is 34.1 Å². The summed E-state index contributed by atoms with van der Waals surface area (Å²) in [5, 5.41) is 107. The molecule has 4 fully saturated rings. The summed E-state index contributed by atoms with van der Waals surface area (Å²) in [5.41, 5.74) is 0. The van der Waals surface area contributed by atoms with Gasteiger partial charge >= 0.3 is 0 Å². The van der Waals surface area contributed by atoms with Crippen molar-refractivity contribution in [2.24, 2.45) is 0 Å². The van der Waals surface area contributed by atoms with Crippen LogP contribution in [0.3, 0.4) is 0 Å². The van der Waals surface area contributed by atoms with Crippen molar-refractivity contribution in [3.63, 3.8) is 0 Å². The minimum absolute atomic E-state index is 0.119. The lowest BCUT2D eigenvalue weighted by Crippen LogP contribution is -2.70. The standard InChI is InChI=1S/C29H51NO19/c1-5-6-42-29-25(24(16(35)10(3)44-29)48-28-22(41)20(39)17(36)12(7-31)46-28)49-26-14(30-11(4)33)23(18(37)13(8-32)45-26)47-27-21(40)19(38)15(34)9(2)43-27/h9-10,12-29,31-32,34-41H,5-8H2,1-4H3,(H,30,33)/t9-,10-,12+,13+,14+,15-,16-,17+,18+,19+,20-,21+,22+,23+,24+,25+,26-,27-,28+,29+/m0/s1. The van der Waals surface area contributed by atoms with E-state index in [-0.39, 0.29) is 6.61 Å². The van der Waals surface area contributed by atoms with Gasteiger partial charge in [0.1, 0.15) is 85.4 Å². The molecule has 20 heteroatoms. The predicted octanol–water partition coefficient (Wildman–Crippen LogP) is -6.12. The van der Waals surface area contributed by atoms with Crippen molar-refractivity contribution in [1.29, 1.82) is 0 Å². The zero-order chi connectivity index (χ0) is 36.3. The van der Waals surface area contributed by atoms with Crippen molar-refractivity contribution in [3.8, 4) is 0 Å².